The van der Waals surface area contributed by atoms with Crippen LogP contribution in [-0.2, 0) is 52.2 Å². The van der Waals surface area contributed by atoms with Gasteiger partial charge in [0.2, 0.25) is 5.91 Å². The highest BCUT2D eigenvalue weighted by molar-refractivity contribution is 5.73. The topological polar surface area (TPSA) is 170 Å². The summed E-state index contributed by atoms with van der Waals surface area (Å²) in [6.45, 7) is 1.97. The maximum Gasteiger partial charge on any atom is 0.305 e. The summed E-state index contributed by atoms with van der Waals surface area (Å²) in [5.41, 5.74) is 1.56. The molecule has 14 nitrogen and oxygen atoms in total. The molecule has 4 saturated heterocycles. The zero-order chi connectivity index (χ0) is 36.5. The molecule has 0 aliphatic carbocycles. The first-order chi connectivity index (χ1) is 25.3. The summed E-state index contributed by atoms with van der Waals surface area (Å²) in [5.74, 6) is -0.540. The molecule has 4 aliphatic heterocycles. The van der Waals surface area contributed by atoms with E-state index in [4.69, 9.17) is 42.6 Å². The summed E-state index contributed by atoms with van der Waals surface area (Å²) in [4.78, 5) is 24.0. The van der Waals surface area contributed by atoms with E-state index in [1.165, 1.54) is 14.0 Å². The van der Waals surface area contributed by atoms with Gasteiger partial charge in [0.15, 0.2) is 25.2 Å². The van der Waals surface area contributed by atoms with Crippen molar-refractivity contribution in [2.24, 2.45) is 0 Å². The number of fused-ring (bicyclic) bond motifs is 2. The smallest absolute Gasteiger partial charge is 0.305 e. The second kappa shape index (κ2) is 18.8. The van der Waals surface area contributed by atoms with Gasteiger partial charge in [-0.15, -0.1) is 0 Å². The van der Waals surface area contributed by atoms with Crippen molar-refractivity contribution in [3.05, 3.63) is 71.8 Å². The normalized spacial score (nSPS) is 34.5. The average Bonchev–Trinajstić information content (AvgIpc) is 3.17. The van der Waals surface area contributed by atoms with Crippen LogP contribution in [0.15, 0.2) is 60.7 Å². The van der Waals surface area contributed by atoms with Crippen LogP contribution >= 0.6 is 0 Å². The number of amides is 1. The largest absolute Gasteiger partial charge is 0.469 e. The van der Waals surface area contributed by atoms with Gasteiger partial charge in [-0.1, -0.05) is 86.3 Å². The minimum absolute atomic E-state index is 0.0836. The number of hydrogen-bond acceptors (Lipinski definition) is 13. The third kappa shape index (κ3) is 9.74. The van der Waals surface area contributed by atoms with Gasteiger partial charge in [0.25, 0.3) is 0 Å². The molecule has 4 aliphatic rings. The Balaban J connectivity index is 1.14. The number of rotatable bonds is 15. The molecule has 2 unspecified atom stereocenters. The first-order valence-electron chi connectivity index (χ1n) is 18.2. The quantitative estimate of drug-likeness (QED) is 0.181. The molecule has 6 rings (SSSR count). The summed E-state index contributed by atoms with van der Waals surface area (Å²) >= 11 is 0. The molecule has 2 aromatic carbocycles. The minimum atomic E-state index is -1.51. The van der Waals surface area contributed by atoms with Gasteiger partial charge in [-0.05, 0) is 12.8 Å². The Labute approximate surface area is 303 Å². The lowest BCUT2D eigenvalue weighted by atomic mass is 9.94. The predicted octanol–water partition coefficient (Wildman–Crippen LogP) is 3.20. The van der Waals surface area contributed by atoms with Crippen LogP contribution in [0, 0.1) is 0 Å². The molecule has 0 bridgehead atoms. The molecule has 2 aromatic rings. The maximum atomic E-state index is 12.6. The average molecular weight is 730 g/mol. The number of carbonyl (C=O) groups excluding carboxylic acids is 2. The van der Waals surface area contributed by atoms with Gasteiger partial charge >= 0.3 is 5.97 Å². The number of aliphatic hydroxyl groups excluding tert-OH is 2. The molecular formula is C38H51NO13. The van der Waals surface area contributed by atoms with Crippen LogP contribution in [0.3, 0.4) is 0 Å². The van der Waals surface area contributed by atoms with Crippen molar-refractivity contribution in [2.45, 2.75) is 126 Å². The SMILES string of the molecule is COC(=O)CCCCCCCCO[C@@H]1O[C@@H]2COC(c3ccccc3)O[C@H]2[C@H](O[C@@H]2O[C@@H]3COC(c4ccccc4)O[C@@H]3[C@H](O)[C@H]2O)[C@H]1NC(C)=O. The zero-order valence-corrected chi connectivity index (χ0v) is 29.7. The van der Waals surface area contributed by atoms with E-state index in [-0.39, 0.29) is 25.1 Å². The van der Waals surface area contributed by atoms with Crippen LogP contribution in [0.2, 0.25) is 0 Å². The fraction of sp³-hybridized carbons (Fsp3) is 0.632. The Morgan fingerprint density at radius 2 is 1.29 bits per heavy atom. The maximum absolute atomic E-state index is 12.6. The molecule has 4 fully saturated rings. The highest BCUT2D eigenvalue weighted by Crippen LogP contribution is 2.39. The standard InChI is InChI=1S/C38H51NO13/c1-23(40)39-29-34(52-38-31(43)30(42)32-26(49-38)21-46-35(50-32)24-15-9-7-10-16-24)33-27(22-47-36(51-33)25-17-11-8-12-18-25)48-37(29)45-20-14-6-4-3-5-13-19-28(41)44-2/h7-12,15-18,26-27,29-38,42-43H,3-6,13-14,19-22H2,1-2H3,(H,39,40)/t26-,27-,29-,30-,31-,32+,33-,34-,35?,36?,37-,38+/m1/s1. The number of methoxy groups -OCH3 is 1. The number of unbranched alkanes of at least 4 members (excludes halogenated alkanes) is 5. The van der Waals surface area contributed by atoms with E-state index in [0.717, 1.165) is 49.7 Å². The van der Waals surface area contributed by atoms with E-state index in [0.29, 0.717) is 13.0 Å². The Bertz CT molecular complexity index is 1400. The third-order valence-corrected chi connectivity index (χ3v) is 9.76. The Kier molecular flexibility index (Phi) is 14.0. The molecule has 0 spiro atoms. The zero-order valence-electron chi connectivity index (χ0n) is 29.7. The number of hydrogen-bond donors (Lipinski definition) is 3. The Morgan fingerprint density at radius 1 is 0.731 bits per heavy atom. The molecule has 4 heterocycles. The van der Waals surface area contributed by atoms with Crippen molar-refractivity contribution < 1.29 is 62.4 Å². The fourth-order valence-electron chi connectivity index (χ4n) is 7.05. The third-order valence-electron chi connectivity index (χ3n) is 9.76. The minimum Gasteiger partial charge on any atom is -0.469 e. The Morgan fingerprint density at radius 3 is 1.90 bits per heavy atom. The molecule has 12 atom stereocenters. The molecule has 3 N–H and O–H groups in total. The molecule has 0 aromatic heterocycles. The van der Waals surface area contributed by atoms with Crippen molar-refractivity contribution >= 4 is 11.9 Å². The van der Waals surface area contributed by atoms with E-state index < -0.39 is 73.9 Å². The lowest BCUT2D eigenvalue weighted by molar-refractivity contribution is -0.394. The number of nitrogens with one attached hydrogen (secondary N) is 1. The van der Waals surface area contributed by atoms with E-state index in [1.807, 2.05) is 60.7 Å². The molecule has 1 amide bonds. The first-order valence-corrected chi connectivity index (χ1v) is 18.2. The Hall–Kier alpha value is -3.02. The number of esters is 1. The highest BCUT2D eigenvalue weighted by Gasteiger charge is 2.55. The summed E-state index contributed by atoms with van der Waals surface area (Å²) in [6.07, 6.45) is -4.88. The van der Waals surface area contributed by atoms with Gasteiger partial charge in [-0.25, -0.2) is 0 Å². The van der Waals surface area contributed by atoms with Gasteiger partial charge in [0.1, 0.15) is 48.8 Å². The van der Waals surface area contributed by atoms with Crippen LogP contribution in [0.25, 0.3) is 0 Å². The number of ether oxygens (including phenoxy) is 9. The first kappa shape index (κ1) is 38.7. The lowest BCUT2D eigenvalue weighted by Gasteiger charge is -2.52. The number of aliphatic hydroxyl groups is 2. The fourth-order valence-corrected chi connectivity index (χ4v) is 7.05. The molecule has 286 valence electrons. The van der Waals surface area contributed by atoms with Gasteiger partial charge in [-0.2, -0.15) is 0 Å². The van der Waals surface area contributed by atoms with Gasteiger partial charge in [0.05, 0.1) is 20.3 Å². The molecular weight excluding hydrogens is 678 g/mol. The van der Waals surface area contributed by atoms with E-state index in [1.54, 1.807) is 0 Å². The lowest BCUT2D eigenvalue weighted by Crippen LogP contribution is -2.70. The molecule has 0 saturated carbocycles. The van der Waals surface area contributed by atoms with Crippen molar-refractivity contribution in [3.63, 3.8) is 0 Å². The van der Waals surface area contributed by atoms with Crippen LogP contribution in [0.1, 0.15) is 75.6 Å². The molecule has 52 heavy (non-hydrogen) atoms. The predicted molar refractivity (Wildman–Crippen MR) is 182 cm³/mol. The van der Waals surface area contributed by atoms with Crippen molar-refractivity contribution in [1.82, 2.24) is 5.32 Å². The van der Waals surface area contributed by atoms with Crippen LogP contribution < -0.4 is 5.32 Å². The number of benzene rings is 2. The number of carbonyl (C=O) groups is 2. The second-order valence-corrected chi connectivity index (χ2v) is 13.6. The van der Waals surface area contributed by atoms with Crippen LogP contribution in [0.5, 0.6) is 0 Å². The monoisotopic (exact) mass is 729 g/mol. The van der Waals surface area contributed by atoms with Crippen molar-refractivity contribution in [2.75, 3.05) is 26.9 Å². The van der Waals surface area contributed by atoms with Gasteiger partial charge < -0.3 is 58.2 Å². The highest BCUT2D eigenvalue weighted by atomic mass is 16.8. The van der Waals surface area contributed by atoms with Crippen molar-refractivity contribution in [1.29, 1.82) is 0 Å². The molecule has 0 radical (unpaired) electrons. The van der Waals surface area contributed by atoms with E-state index in [2.05, 4.69) is 5.32 Å². The van der Waals surface area contributed by atoms with Crippen LogP contribution in [0.4, 0.5) is 0 Å². The van der Waals surface area contributed by atoms with Crippen molar-refractivity contribution in [3.8, 4) is 0 Å². The summed E-state index contributed by atoms with van der Waals surface area (Å²) in [7, 11) is 1.40. The molecule has 14 heteroatoms. The summed E-state index contributed by atoms with van der Waals surface area (Å²) < 4.78 is 54.7. The van der Waals surface area contributed by atoms with Gasteiger partial charge in [-0.3, -0.25) is 9.59 Å². The summed E-state index contributed by atoms with van der Waals surface area (Å²) in [5, 5.41) is 25.6. The van der Waals surface area contributed by atoms with E-state index in [9.17, 15) is 19.8 Å². The summed E-state index contributed by atoms with van der Waals surface area (Å²) in [6, 6.07) is 17.9. The van der Waals surface area contributed by atoms with E-state index >= 15 is 0 Å². The van der Waals surface area contributed by atoms with Crippen LogP contribution in [-0.4, -0.2) is 110 Å². The van der Waals surface area contributed by atoms with Gasteiger partial charge in [0, 0.05) is 31.1 Å². The second-order valence-electron chi connectivity index (χ2n) is 13.6.